The predicted octanol–water partition coefficient (Wildman–Crippen LogP) is 1.55. The number of alkyl halides is 1. The topological polar surface area (TPSA) is 98.5 Å². The van der Waals surface area contributed by atoms with Crippen LogP contribution in [-0.4, -0.2) is 30.0 Å². The molecular formula is C12H13ClN2O5. The fraction of sp³-hybridized carbons (Fsp3) is 0.333. The van der Waals surface area contributed by atoms with Gasteiger partial charge in [-0.2, -0.15) is 0 Å². The number of methoxy groups -OCH3 is 1. The van der Waals surface area contributed by atoms with E-state index in [-0.39, 0.29) is 5.69 Å². The maximum atomic E-state index is 11.8. The number of nitrogens with one attached hydrogen (secondary N) is 1. The number of nitro benzene ring substituents is 1. The van der Waals surface area contributed by atoms with Crippen molar-refractivity contribution in [2.24, 2.45) is 0 Å². The molecule has 1 aromatic rings. The molecule has 1 aromatic carbocycles. The number of amides is 1. The summed E-state index contributed by atoms with van der Waals surface area (Å²) in [6.45, 7) is 1.46. The number of hydrogen-bond acceptors (Lipinski definition) is 5. The first-order valence-electron chi connectivity index (χ1n) is 5.63. The molecule has 0 radical (unpaired) electrons. The molecule has 0 aromatic heterocycles. The minimum Gasteiger partial charge on any atom is -0.467 e. The molecule has 0 unspecified atom stereocenters. The Bertz CT molecular complexity index is 517. The Balaban J connectivity index is 2.74. The lowest BCUT2D eigenvalue weighted by Gasteiger charge is -2.14. The van der Waals surface area contributed by atoms with Gasteiger partial charge in [0, 0.05) is 12.1 Å². The van der Waals surface area contributed by atoms with Crippen molar-refractivity contribution in [3.8, 4) is 0 Å². The molecule has 108 valence electrons. The van der Waals surface area contributed by atoms with Crippen LogP contribution < -0.4 is 5.32 Å². The van der Waals surface area contributed by atoms with E-state index in [0.717, 1.165) is 0 Å². The minimum atomic E-state index is -1.05. The second-order valence-corrected chi connectivity index (χ2v) is 4.40. The maximum absolute atomic E-state index is 11.8. The molecule has 0 aliphatic rings. The fourth-order valence-electron chi connectivity index (χ4n) is 1.44. The molecule has 0 aliphatic carbocycles. The molecule has 7 nitrogen and oxygen atoms in total. The van der Waals surface area contributed by atoms with Crippen molar-refractivity contribution in [2.45, 2.75) is 18.3 Å². The Labute approximate surface area is 120 Å². The van der Waals surface area contributed by atoms with Crippen LogP contribution in [0.3, 0.4) is 0 Å². The third kappa shape index (κ3) is 3.92. The number of ether oxygens (including phenoxy) is 1. The molecule has 0 saturated carbocycles. The van der Waals surface area contributed by atoms with E-state index < -0.39 is 28.2 Å². The van der Waals surface area contributed by atoms with Gasteiger partial charge >= 0.3 is 5.97 Å². The number of hydrogen-bond donors (Lipinski definition) is 1. The number of esters is 1. The number of halogens is 1. The molecule has 0 saturated heterocycles. The molecule has 0 aliphatic heterocycles. The Morgan fingerprint density at radius 3 is 2.35 bits per heavy atom. The highest BCUT2D eigenvalue weighted by atomic mass is 35.5. The van der Waals surface area contributed by atoms with Crippen LogP contribution in [0.2, 0.25) is 0 Å². The first-order chi connectivity index (χ1) is 9.36. The molecule has 0 heterocycles. The summed E-state index contributed by atoms with van der Waals surface area (Å²) in [5.41, 5.74) is 0.299. The first-order valence-corrected chi connectivity index (χ1v) is 6.07. The number of nitro groups is 1. The molecule has 0 spiro atoms. The lowest BCUT2D eigenvalue weighted by molar-refractivity contribution is -0.384. The SMILES string of the molecule is COC(=O)[C@H](C)NC(=O)[C@@H](Cl)c1ccc([N+](=O)[O-])cc1. The van der Waals surface area contributed by atoms with E-state index in [0.29, 0.717) is 5.56 Å². The highest BCUT2D eigenvalue weighted by molar-refractivity contribution is 6.30. The Kier molecular flexibility index (Phi) is 5.45. The summed E-state index contributed by atoms with van der Waals surface area (Å²) in [5, 5.41) is 11.8. The molecule has 0 fully saturated rings. The summed E-state index contributed by atoms with van der Waals surface area (Å²) in [4.78, 5) is 32.9. The molecule has 1 amide bonds. The van der Waals surface area contributed by atoms with Gasteiger partial charge < -0.3 is 10.1 Å². The van der Waals surface area contributed by atoms with E-state index in [4.69, 9.17) is 11.6 Å². The van der Waals surface area contributed by atoms with Crippen LogP contribution in [0.4, 0.5) is 5.69 Å². The number of nitrogens with zero attached hydrogens (tertiary/aromatic N) is 1. The smallest absolute Gasteiger partial charge is 0.328 e. The molecule has 1 rings (SSSR count). The Morgan fingerprint density at radius 2 is 1.90 bits per heavy atom. The maximum Gasteiger partial charge on any atom is 0.328 e. The van der Waals surface area contributed by atoms with Crippen molar-refractivity contribution in [2.75, 3.05) is 7.11 Å². The zero-order valence-electron chi connectivity index (χ0n) is 10.8. The summed E-state index contributed by atoms with van der Waals surface area (Å²) in [6.07, 6.45) is 0. The first kappa shape index (κ1) is 15.9. The zero-order valence-corrected chi connectivity index (χ0v) is 11.6. The third-order valence-electron chi connectivity index (χ3n) is 2.54. The van der Waals surface area contributed by atoms with E-state index in [9.17, 15) is 19.7 Å². The van der Waals surface area contributed by atoms with Crippen molar-refractivity contribution >= 4 is 29.2 Å². The van der Waals surface area contributed by atoms with E-state index in [1.165, 1.54) is 38.3 Å². The summed E-state index contributed by atoms with van der Waals surface area (Å²) < 4.78 is 4.47. The normalized spacial score (nSPS) is 13.2. The molecular weight excluding hydrogens is 288 g/mol. The predicted molar refractivity (Wildman–Crippen MR) is 71.3 cm³/mol. The average Bonchev–Trinajstić information content (AvgIpc) is 2.45. The lowest BCUT2D eigenvalue weighted by Crippen LogP contribution is -2.40. The van der Waals surface area contributed by atoms with Crippen LogP contribution in [-0.2, 0) is 14.3 Å². The van der Waals surface area contributed by atoms with E-state index in [2.05, 4.69) is 10.1 Å². The van der Waals surface area contributed by atoms with Gasteiger partial charge in [-0.05, 0) is 12.5 Å². The summed E-state index contributed by atoms with van der Waals surface area (Å²) in [6, 6.07) is 4.45. The van der Waals surface area contributed by atoms with Crippen LogP contribution in [0, 0.1) is 10.1 Å². The van der Waals surface area contributed by atoms with Crippen LogP contribution in [0.1, 0.15) is 17.9 Å². The van der Waals surface area contributed by atoms with Crippen molar-refractivity contribution < 1.29 is 19.2 Å². The number of carbonyl (C=O) groups is 2. The number of non-ortho nitro benzene ring substituents is 1. The summed E-state index contributed by atoms with van der Waals surface area (Å²) in [5.74, 6) is -1.18. The largest absolute Gasteiger partial charge is 0.467 e. The van der Waals surface area contributed by atoms with Gasteiger partial charge in [0.05, 0.1) is 12.0 Å². The molecule has 1 N–H and O–H groups in total. The quantitative estimate of drug-likeness (QED) is 0.385. The number of carbonyl (C=O) groups excluding carboxylic acids is 2. The minimum absolute atomic E-state index is 0.0963. The molecule has 20 heavy (non-hydrogen) atoms. The van der Waals surface area contributed by atoms with Crippen molar-refractivity contribution in [1.82, 2.24) is 5.32 Å². The third-order valence-corrected chi connectivity index (χ3v) is 2.99. The van der Waals surface area contributed by atoms with Crippen LogP contribution >= 0.6 is 11.6 Å². The van der Waals surface area contributed by atoms with E-state index in [1.807, 2.05) is 0 Å². The highest BCUT2D eigenvalue weighted by Gasteiger charge is 2.23. The van der Waals surface area contributed by atoms with Gasteiger partial charge in [0.2, 0.25) is 5.91 Å². The van der Waals surface area contributed by atoms with Crippen molar-refractivity contribution in [1.29, 1.82) is 0 Å². The monoisotopic (exact) mass is 300 g/mol. The standard InChI is InChI=1S/C12H13ClN2O5/c1-7(12(17)20-2)14-11(16)10(13)8-3-5-9(6-4-8)15(18)19/h3-7,10H,1-2H3,(H,14,16)/t7-,10-/m0/s1. The Hall–Kier alpha value is -2.15. The van der Waals surface area contributed by atoms with Gasteiger partial charge in [-0.25, -0.2) is 4.79 Å². The van der Waals surface area contributed by atoms with E-state index >= 15 is 0 Å². The van der Waals surface area contributed by atoms with Gasteiger partial charge in [-0.1, -0.05) is 12.1 Å². The lowest BCUT2D eigenvalue weighted by atomic mass is 10.1. The summed E-state index contributed by atoms with van der Waals surface area (Å²) in [7, 11) is 1.21. The number of benzene rings is 1. The van der Waals surface area contributed by atoms with Crippen LogP contribution in [0.5, 0.6) is 0 Å². The van der Waals surface area contributed by atoms with Gasteiger partial charge in [0.15, 0.2) is 0 Å². The molecule has 8 heteroatoms. The highest BCUT2D eigenvalue weighted by Crippen LogP contribution is 2.23. The Morgan fingerprint density at radius 1 is 1.35 bits per heavy atom. The van der Waals surface area contributed by atoms with Gasteiger partial charge in [0.1, 0.15) is 11.4 Å². The van der Waals surface area contributed by atoms with Gasteiger partial charge in [0.25, 0.3) is 5.69 Å². The van der Waals surface area contributed by atoms with E-state index in [1.54, 1.807) is 0 Å². The van der Waals surface area contributed by atoms with Gasteiger partial charge in [-0.3, -0.25) is 14.9 Å². The second-order valence-electron chi connectivity index (χ2n) is 3.96. The van der Waals surface area contributed by atoms with Crippen molar-refractivity contribution in [3.63, 3.8) is 0 Å². The van der Waals surface area contributed by atoms with Crippen LogP contribution in [0.15, 0.2) is 24.3 Å². The number of rotatable bonds is 5. The zero-order chi connectivity index (χ0) is 15.3. The molecule has 2 atom stereocenters. The fourth-order valence-corrected chi connectivity index (χ4v) is 1.65. The van der Waals surface area contributed by atoms with Gasteiger partial charge in [-0.15, -0.1) is 11.6 Å². The van der Waals surface area contributed by atoms with Crippen LogP contribution in [0.25, 0.3) is 0 Å². The summed E-state index contributed by atoms with van der Waals surface area (Å²) >= 11 is 5.95. The van der Waals surface area contributed by atoms with Crippen molar-refractivity contribution in [3.05, 3.63) is 39.9 Å². The second kappa shape index (κ2) is 6.85. The average molecular weight is 301 g/mol. The molecule has 0 bridgehead atoms.